The lowest BCUT2D eigenvalue weighted by Crippen LogP contribution is -2.34. The van der Waals surface area contributed by atoms with Crippen LogP contribution in [0.2, 0.25) is 0 Å². The molecule has 0 bridgehead atoms. The highest BCUT2D eigenvalue weighted by atomic mass is 32.2. The van der Waals surface area contributed by atoms with Crippen molar-refractivity contribution in [1.82, 2.24) is 5.32 Å². The first-order chi connectivity index (χ1) is 5.07. The number of hydrogen-bond donors (Lipinski definition) is 1. The maximum absolute atomic E-state index is 11.1. The average Bonchev–Trinajstić information content (AvgIpc) is 2.63. The van der Waals surface area contributed by atoms with Gasteiger partial charge in [0.15, 0.2) is 0 Å². The van der Waals surface area contributed by atoms with Crippen LogP contribution in [0.1, 0.15) is 19.8 Å². The Bertz CT molecular complexity index is 199. The maximum atomic E-state index is 11.1. The molecular weight excluding hydrogens is 162 g/mol. The Morgan fingerprint density at radius 1 is 1.64 bits per heavy atom. The van der Waals surface area contributed by atoms with Crippen molar-refractivity contribution < 1.29 is 9.00 Å². The van der Waals surface area contributed by atoms with Crippen molar-refractivity contribution >= 4 is 16.7 Å². The second-order valence-corrected chi connectivity index (χ2v) is 4.82. The topological polar surface area (TPSA) is 46.2 Å². The van der Waals surface area contributed by atoms with Gasteiger partial charge in [-0.05, 0) is 12.8 Å². The summed E-state index contributed by atoms with van der Waals surface area (Å²) in [4.78, 5) is 10.5. The molecule has 1 fully saturated rings. The van der Waals surface area contributed by atoms with Crippen LogP contribution >= 0.6 is 0 Å². The molecule has 1 aliphatic carbocycles. The zero-order valence-corrected chi connectivity index (χ0v) is 7.66. The second kappa shape index (κ2) is 2.93. The van der Waals surface area contributed by atoms with Crippen LogP contribution in [0.4, 0.5) is 0 Å². The first kappa shape index (κ1) is 8.71. The molecule has 0 aromatic rings. The lowest BCUT2D eigenvalue weighted by Gasteiger charge is -2.11. The van der Waals surface area contributed by atoms with Gasteiger partial charge in [0.25, 0.3) is 0 Å². The van der Waals surface area contributed by atoms with Crippen molar-refractivity contribution in [3.8, 4) is 0 Å². The minimum Gasteiger partial charge on any atom is -0.355 e. The number of nitrogens with one attached hydrogen (secondary N) is 1. The molecule has 1 amide bonds. The fourth-order valence-electron chi connectivity index (χ4n) is 0.991. The molecule has 4 heteroatoms. The van der Waals surface area contributed by atoms with Crippen LogP contribution in [-0.4, -0.2) is 27.7 Å². The molecule has 1 N–H and O–H groups in total. The standard InChI is InChI=1S/C7H13NO2S/c1-6(9)8-5-7(3-4-7)11(2)10/h3-5H2,1-2H3,(H,8,9). The molecule has 64 valence electrons. The number of amides is 1. The van der Waals surface area contributed by atoms with Crippen LogP contribution in [-0.2, 0) is 15.6 Å². The van der Waals surface area contributed by atoms with Crippen LogP contribution in [0.5, 0.6) is 0 Å². The molecule has 1 saturated carbocycles. The normalized spacial score (nSPS) is 22.4. The molecule has 1 atom stereocenters. The summed E-state index contributed by atoms with van der Waals surface area (Å²) < 4.78 is 11.0. The van der Waals surface area contributed by atoms with Gasteiger partial charge in [-0.1, -0.05) is 0 Å². The molecule has 1 rings (SSSR count). The van der Waals surface area contributed by atoms with Crippen LogP contribution in [0.15, 0.2) is 0 Å². The van der Waals surface area contributed by atoms with Gasteiger partial charge in [0.1, 0.15) is 0 Å². The highest BCUT2D eigenvalue weighted by molar-refractivity contribution is 7.86. The van der Waals surface area contributed by atoms with Gasteiger partial charge in [-0.2, -0.15) is 0 Å². The van der Waals surface area contributed by atoms with E-state index in [1.807, 2.05) is 0 Å². The first-order valence-corrected chi connectivity index (χ1v) is 5.21. The summed E-state index contributed by atoms with van der Waals surface area (Å²) in [5, 5.41) is 2.70. The molecule has 11 heavy (non-hydrogen) atoms. The van der Waals surface area contributed by atoms with E-state index < -0.39 is 10.8 Å². The summed E-state index contributed by atoms with van der Waals surface area (Å²) in [6.45, 7) is 2.06. The van der Waals surface area contributed by atoms with Gasteiger partial charge in [-0.25, -0.2) is 0 Å². The van der Waals surface area contributed by atoms with Gasteiger partial charge in [0.05, 0.1) is 4.75 Å². The smallest absolute Gasteiger partial charge is 0.216 e. The van der Waals surface area contributed by atoms with Crippen LogP contribution in [0.3, 0.4) is 0 Å². The fraction of sp³-hybridized carbons (Fsp3) is 0.857. The molecule has 0 aliphatic heterocycles. The maximum Gasteiger partial charge on any atom is 0.216 e. The van der Waals surface area contributed by atoms with Gasteiger partial charge in [-0.3, -0.25) is 9.00 Å². The summed E-state index contributed by atoms with van der Waals surface area (Å²) in [5.74, 6) is -0.0401. The van der Waals surface area contributed by atoms with Gasteiger partial charge >= 0.3 is 0 Å². The van der Waals surface area contributed by atoms with Crippen LogP contribution in [0, 0.1) is 0 Å². The van der Waals surface area contributed by atoms with Gasteiger partial charge < -0.3 is 5.32 Å². The van der Waals surface area contributed by atoms with Crippen molar-refractivity contribution in [3.05, 3.63) is 0 Å². The Labute approximate surface area is 69.0 Å². The molecule has 0 radical (unpaired) electrons. The molecule has 1 aliphatic rings. The van der Waals surface area contributed by atoms with E-state index in [0.717, 1.165) is 12.8 Å². The zero-order valence-electron chi connectivity index (χ0n) is 6.85. The average molecular weight is 175 g/mol. The van der Waals surface area contributed by atoms with Crippen molar-refractivity contribution in [1.29, 1.82) is 0 Å². The van der Waals surface area contributed by atoms with Gasteiger partial charge in [0.2, 0.25) is 5.91 Å². The largest absolute Gasteiger partial charge is 0.355 e. The minimum atomic E-state index is -0.796. The van der Waals surface area contributed by atoms with Gasteiger partial charge in [-0.15, -0.1) is 0 Å². The highest BCUT2D eigenvalue weighted by Gasteiger charge is 2.46. The first-order valence-electron chi connectivity index (χ1n) is 3.65. The Balaban J connectivity index is 2.36. The van der Waals surface area contributed by atoms with Gasteiger partial charge in [0, 0.05) is 30.5 Å². The lowest BCUT2D eigenvalue weighted by molar-refractivity contribution is -0.118. The van der Waals surface area contributed by atoms with Crippen LogP contribution in [0.25, 0.3) is 0 Å². The highest BCUT2D eigenvalue weighted by Crippen LogP contribution is 2.40. The number of hydrogen-bond acceptors (Lipinski definition) is 2. The molecule has 0 saturated heterocycles. The second-order valence-electron chi connectivity index (χ2n) is 3.05. The summed E-state index contributed by atoms with van der Waals surface area (Å²) in [6.07, 6.45) is 3.67. The van der Waals surface area contributed by atoms with E-state index in [2.05, 4.69) is 5.32 Å². The Morgan fingerprint density at radius 2 is 2.18 bits per heavy atom. The molecule has 0 heterocycles. The third kappa shape index (κ3) is 2.02. The summed E-state index contributed by atoms with van der Waals surface area (Å²) in [5.41, 5.74) is 0. The Hall–Kier alpha value is -0.380. The zero-order chi connectivity index (χ0) is 8.48. The third-order valence-corrected chi connectivity index (χ3v) is 3.85. The fourth-order valence-corrected chi connectivity index (χ4v) is 1.94. The van der Waals surface area contributed by atoms with E-state index >= 15 is 0 Å². The summed E-state index contributed by atoms with van der Waals surface area (Å²) >= 11 is 0. The summed E-state index contributed by atoms with van der Waals surface area (Å²) in [7, 11) is -0.796. The lowest BCUT2D eigenvalue weighted by atomic mass is 10.4. The van der Waals surface area contributed by atoms with Crippen molar-refractivity contribution in [2.24, 2.45) is 0 Å². The van der Waals surface area contributed by atoms with E-state index in [9.17, 15) is 9.00 Å². The molecule has 3 nitrogen and oxygen atoms in total. The quantitative estimate of drug-likeness (QED) is 0.658. The Kier molecular flexibility index (Phi) is 2.32. The number of rotatable bonds is 3. The molecule has 0 aromatic heterocycles. The summed E-state index contributed by atoms with van der Waals surface area (Å²) in [6, 6.07) is 0. The number of carbonyl (C=O) groups excluding carboxylic acids is 1. The monoisotopic (exact) mass is 175 g/mol. The van der Waals surface area contributed by atoms with E-state index in [-0.39, 0.29) is 10.7 Å². The number of carbonyl (C=O) groups is 1. The molecule has 1 unspecified atom stereocenters. The Morgan fingerprint density at radius 3 is 2.45 bits per heavy atom. The van der Waals surface area contributed by atoms with Crippen molar-refractivity contribution in [2.45, 2.75) is 24.5 Å². The van der Waals surface area contributed by atoms with E-state index in [1.54, 1.807) is 6.26 Å². The van der Waals surface area contributed by atoms with Crippen molar-refractivity contribution in [3.63, 3.8) is 0 Å². The van der Waals surface area contributed by atoms with E-state index in [4.69, 9.17) is 0 Å². The molecular formula is C7H13NO2S. The predicted octanol–water partition coefficient (Wildman–Crippen LogP) is 0.0336. The molecule has 0 spiro atoms. The van der Waals surface area contributed by atoms with E-state index in [1.165, 1.54) is 6.92 Å². The molecule has 0 aromatic carbocycles. The van der Waals surface area contributed by atoms with Crippen molar-refractivity contribution in [2.75, 3.05) is 12.8 Å². The SMILES string of the molecule is CC(=O)NCC1(S(C)=O)CC1. The van der Waals surface area contributed by atoms with E-state index in [0.29, 0.717) is 6.54 Å². The third-order valence-electron chi connectivity index (χ3n) is 2.08. The minimum absolute atomic E-state index is 0.0401. The van der Waals surface area contributed by atoms with Crippen LogP contribution < -0.4 is 5.32 Å². The predicted molar refractivity (Wildman–Crippen MR) is 44.7 cm³/mol.